The number of fused-ring (bicyclic) bond motifs is 1. The summed E-state index contributed by atoms with van der Waals surface area (Å²) >= 11 is 3.80. The number of imidazole rings is 1. The van der Waals surface area contributed by atoms with Crippen molar-refractivity contribution < 1.29 is 17.5 Å². The molecule has 0 aliphatic rings. The highest BCUT2D eigenvalue weighted by molar-refractivity contribution is 7.77. The van der Waals surface area contributed by atoms with Gasteiger partial charge in [0, 0.05) is 18.3 Å². The molecule has 4 aromatic rings. The molecule has 0 spiro atoms. The van der Waals surface area contributed by atoms with Crippen LogP contribution in [0.15, 0.2) is 36.8 Å². The Morgan fingerprint density at radius 3 is 2.84 bits per heavy atom. The molecule has 0 saturated heterocycles. The lowest BCUT2D eigenvalue weighted by molar-refractivity contribution is 0.545. The van der Waals surface area contributed by atoms with Crippen LogP contribution >= 0.6 is 11.6 Å². The van der Waals surface area contributed by atoms with Gasteiger partial charge in [0.2, 0.25) is 16.6 Å². The number of aromatic nitrogens is 5. The van der Waals surface area contributed by atoms with Crippen molar-refractivity contribution in [2.24, 2.45) is 0 Å². The Morgan fingerprint density at radius 1 is 1.19 bits per heavy atom. The number of halogens is 3. The highest BCUT2D eigenvalue weighted by Crippen LogP contribution is 2.33. The Balaban J connectivity index is 1.67. The van der Waals surface area contributed by atoms with Gasteiger partial charge in [0.15, 0.2) is 11.5 Å². The first-order chi connectivity index (χ1) is 15.4. The number of rotatable bonds is 8. The van der Waals surface area contributed by atoms with E-state index in [0.29, 0.717) is 28.8 Å². The molecule has 4 rings (SSSR count). The van der Waals surface area contributed by atoms with E-state index in [1.54, 1.807) is 12.1 Å². The van der Waals surface area contributed by atoms with E-state index in [2.05, 4.69) is 35.0 Å². The predicted octanol–water partition coefficient (Wildman–Crippen LogP) is 3.75. The molecule has 0 fully saturated rings. The summed E-state index contributed by atoms with van der Waals surface area (Å²) < 4.78 is 51.3. The van der Waals surface area contributed by atoms with Gasteiger partial charge in [-0.3, -0.25) is 4.55 Å². The molecule has 3 heterocycles. The number of nitrogens with zero attached hydrogens (tertiary/aromatic N) is 4. The molecule has 4 N–H and O–H groups in total. The van der Waals surface area contributed by atoms with Crippen molar-refractivity contribution >= 4 is 45.5 Å². The van der Waals surface area contributed by atoms with Crippen molar-refractivity contribution in [3.63, 3.8) is 0 Å². The third-order valence-corrected chi connectivity index (χ3v) is 5.22. The van der Waals surface area contributed by atoms with Crippen molar-refractivity contribution in [2.45, 2.75) is 12.8 Å². The van der Waals surface area contributed by atoms with Crippen LogP contribution in [0.25, 0.3) is 22.4 Å². The van der Waals surface area contributed by atoms with Gasteiger partial charge in [0.1, 0.15) is 34.9 Å². The molecule has 0 aliphatic carbocycles. The van der Waals surface area contributed by atoms with Gasteiger partial charge in [-0.15, -0.1) is 0 Å². The molecule has 1 aromatic carbocycles. The average Bonchev–Trinajstić information content (AvgIpc) is 3.16. The van der Waals surface area contributed by atoms with Gasteiger partial charge in [0.25, 0.3) is 0 Å². The van der Waals surface area contributed by atoms with Crippen molar-refractivity contribution in [2.75, 3.05) is 11.9 Å². The lowest BCUT2D eigenvalue weighted by Crippen LogP contribution is -2.18. The fourth-order valence-corrected chi connectivity index (χ4v) is 3.65. The summed E-state index contributed by atoms with van der Waals surface area (Å²) in [7, 11) is 0. The normalized spacial score (nSPS) is 12.2. The van der Waals surface area contributed by atoms with Crippen LogP contribution in [-0.2, 0) is 17.7 Å². The van der Waals surface area contributed by atoms with E-state index < -0.39 is 22.9 Å². The van der Waals surface area contributed by atoms with E-state index in [9.17, 15) is 8.60 Å². The standard InChI is InChI=1S/C19H16ClF2N7O2S/c20-19-28-16-14(24-9-25-18(16)29-19)11-4-2-7-23-17(11)27-15-12(21)6-5-10(13(15)22)3-1-8-26-32(30)31/h2,4-7,9,26H,1,3,8H2,(H,23,27)(H,30,31)(H,24,25,28,29). The SMILES string of the molecule is O=S(O)NCCCc1ccc(F)c(Nc2ncccc2-c2ncnc3nc(Cl)[nH]c23)c1F. The molecule has 0 bridgehead atoms. The highest BCUT2D eigenvalue weighted by atomic mass is 35.5. The highest BCUT2D eigenvalue weighted by Gasteiger charge is 2.19. The number of benzene rings is 1. The quantitative estimate of drug-likeness (QED) is 0.172. The number of nitrogens with one attached hydrogen (secondary N) is 3. The summed E-state index contributed by atoms with van der Waals surface area (Å²) in [6.07, 6.45) is 3.40. The first-order valence-corrected chi connectivity index (χ1v) is 10.8. The summed E-state index contributed by atoms with van der Waals surface area (Å²) in [5.41, 5.74) is 1.54. The zero-order valence-electron chi connectivity index (χ0n) is 16.3. The van der Waals surface area contributed by atoms with E-state index in [-0.39, 0.29) is 35.3 Å². The minimum absolute atomic E-state index is 0.129. The number of pyridine rings is 1. The molecule has 0 aliphatic heterocycles. The van der Waals surface area contributed by atoms with Crippen LogP contribution in [0.3, 0.4) is 0 Å². The van der Waals surface area contributed by atoms with Crippen LogP contribution in [0, 0.1) is 11.6 Å². The molecule has 0 saturated carbocycles. The molecule has 1 unspecified atom stereocenters. The average molecular weight is 480 g/mol. The molecular formula is C19H16ClF2N7O2S. The van der Waals surface area contributed by atoms with Gasteiger partial charge >= 0.3 is 0 Å². The molecule has 0 amide bonds. The number of hydrogen-bond acceptors (Lipinski definition) is 6. The maximum absolute atomic E-state index is 15.1. The van der Waals surface area contributed by atoms with Crippen molar-refractivity contribution in [1.82, 2.24) is 29.6 Å². The van der Waals surface area contributed by atoms with Crippen LogP contribution in [0.4, 0.5) is 20.3 Å². The van der Waals surface area contributed by atoms with Gasteiger partial charge in [-0.25, -0.2) is 32.7 Å². The summed E-state index contributed by atoms with van der Waals surface area (Å²) in [5.74, 6) is -1.40. The first kappa shape index (κ1) is 22.1. The fourth-order valence-electron chi connectivity index (χ4n) is 3.16. The maximum Gasteiger partial charge on any atom is 0.231 e. The Morgan fingerprint density at radius 2 is 2.03 bits per heavy atom. The second-order valence-electron chi connectivity index (χ2n) is 6.62. The Kier molecular flexibility index (Phi) is 6.65. The van der Waals surface area contributed by atoms with E-state index in [1.165, 1.54) is 18.6 Å². The van der Waals surface area contributed by atoms with E-state index in [0.717, 1.165) is 6.07 Å². The second kappa shape index (κ2) is 9.61. The minimum atomic E-state index is -2.14. The van der Waals surface area contributed by atoms with Gasteiger partial charge in [-0.1, -0.05) is 6.07 Å². The predicted molar refractivity (Wildman–Crippen MR) is 117 cm³/mol. The van der Waals surface area contributed by atoms with E-state index >= 15 is 4.39 Å². The molecule has 1 atom stereocenters. The molecule has 13 heteroatoms. The number of aromatic amines is 1. The third-order valence-electron chi connectivity index (χ3n) is 4.59. The fraction of sp³-hybridized carbons (Fsp3) is 0.158. The summed E-state index contributed by atoms with van der Waals surface area (Å²) in [4.78, 5) is 19.5. The summed E-state index contributed by atoms with van der Waals surface area (Å²) in [6.45, 7) is 0.198. The number of aryl methyl sites for hydroxylation is 1. The Labute approximate surface area is 188 Å². The molecule has 9 nitrogen and oxygen atoms in total. The largest absolute Gasteiger partial charge is 0.335 e. The molecule has 3 aromatic heterocycles. The van der Waals surface area contributed by atoms with E-state index in [4.69, 9.17) is 16.2 Å². The number of hydrogen-bond donors (Lipinski definition) is 4. The monoisotopic (exact) mass is 479 g/mol. The van der Waals surface area contributed by atoms with Crippen LogP contribution in [0.2, 0.25) is 5.28 Å². The van der Waals surface area contributed by atoms with Crippen LogP contribution in [-0.4, -0.2) is 40.2 Å². The Bertz CT molecular complexity index is 1300. The van der Waals surface area contributed by atoms with Gasteiger partial charge in [-0.2, -0.15) is 4.98 Å². The van der Waals surface area contributed by atoms with Crippen molar-refractivity contribution in [3.8, 4) is 11.3 Å². The third kappa shape index (κ3) is 4.72. The van der Waals surface area contributed by atoms with Gasteiger partial charge in [-0.05, 0) is 48.2 Å². The zero-order chi connectivity index (χ0) is 22.7. The lowest BCUT2D eigenvalue weighted by atomic mass is 10.1. The van der Waals surface area contributed by atoms with Crippen LogP contribution in [0.5, 0.6) is 0 Å². The zero-order valence-corrected chi connectivity index (χ0v) is 17.8. The molecule has 0 radical (unpaired) electrons. The minimum Gasteiger partial charge on any atom is -0.335 e. The van der Waals surface area contributed by atoms with Crippen molar-refractivity contribution in [1.29, 1.82) is 0 Å². The second-order valence-corrected chi connectivity index (χ2v) is 7.76. The van der Waals surface area contributed by atoms with Gasteiger partial charge < -0.3 is 10.3 Å². The van der Waals surface area contributed by atoms with Gasteiger partial charge in [0.05, 0.1) is 0 Å². The van der Waals surface area contributed by atoms with Crippen molar-refractivity contribution in [3.05, 3.63) is 59.3 Å². The van der Waals surface area contributed by atoms with Crippen LogP contribution < -0.4 is 10.0 Å². The van der Waals surface area contributed by atoms with E-state index in [1.807, 2.05) is 0 Å². The summed E-state index contributed by atoms with van der Waals surface area (Å²) in [6, 6.07) is 5.84. The number of H-pyrrole nitrogens is 1. The molecule has 166 valence electrons. The van der Waals surface area contributed by atoms with Crippen LogP contribution in [0.1, 0.15) is 12.0 Å². The topological polar surface area (TPSA) is 129 Å². The Hall–Kier alpha value is -3.06. The lowest BCUT2D eigenvalue weighted by Gasteiger charge is -2.14. The molecule has 32 heavy (non-hydrogen) atoms. The molecular weight excluding hydrogens is 464 g/mol. The number of anilines is 2. The smallest absolute Gasteiger partial charge is 0.231 e. The maximum atomic E-state index is 15.1. The first-order valence-electron chi connectivity index (χ1n) is 9.34. The summed E-state index contributed by atoms with van der Waals surface area (Å²) in [5, 5.41) is 2.86.